The highest BCUT2D eigenvalue weighted by molar-refractivity contribution is 14.1. The van der Waals surface area contributed by atoms with Gasteiger partial charge in [-0.1, -0.05) is 72.8 Å². The Hall–Kier alpha value is -2.46. The Labute approximate surface area is 214 Å². The van der Waals surface area contributed by atoms with Crippen molar-refractivity contribution < 1.29 is 9.53 Å². The molecule has 0 atom stereocenters. The summed E-state index contributed by atoms with van der Waals surface area (Å²) in [7, 11) is 0. The number of halogens is 2. The van der Waals surface area contributed by atoms with Crippen molar-refractivity contribution in [2.45, 2.75) is 13.0 Å². The number of rotatable bonds is 7. The first-order valence-electron chi connectivity index (χ1n) is 10.0. The molecule has 0 spiro atoms. The van der Waals surface area contributed by atoms with Gasteiger partial charge in [0, 0.05) is 0 Å². The molecular formula is C26H20I2N2O2. The van der Waals surface area contributed by atoms with Gasteiger partial charge in [-0.25, -0.2) is 5.43 Å². The van der Waals surface area contributed by atoms with Gasteiger partial charge in [0.05, 0.1) is 19.8 Å². The van der Waals surface area contributed by atoms with E-state index in [1.165, 1.54) is 0 Å². The Morgan fingerprint density at radius 1 is 0.906 bits per heavy atom. The van der Waals surface area contributed by atoms with Crippen LogP contribution in [0.5, 0.6) is 5.75 Å². The lowest BCUT2D eigenvalue weighted by Gasteiger charge is -2.11. The van der Waals surface area contributed by atoms with Crippen molar-refractivity contribution in [1.29, 1.82) is 0 Å². The summed E-state index contributed by atoms with van der Waals surface area (Å²) in [6.07, 6.45) is 1.94. The second-order valence-electron chi connectivity index (χ2n) is 7.20. The van der Waals surface area contributed by atoms with Crippen LogP contribution in [0.1, 0.15) is 16.7 Å². The molecule has 0 radical (unpaired) electrons. The Kier molecular flexibility index (Phi) is 7.75. The van der Waals surface area contributed by atoms with E-state index in [2.05, 4.69) is 55.7 Å². The standard InChI is InChI=1S/C26H20I2N2O2/c27-23-13-19(14-24(28)26(23)32-17-18-7-2-1-3-8-18)16-29-30-25(31)15-21-11-6-10-20-9-4-5-12-22(20)21/h1-14,16H,15,17H2,(H,30,31)/b29-16-. The molecule has 0 heterocycles. The lowest BCUT2D eigenvalue weighted by atomic mass is 10.0. The fourth-order valence-corrected chi connectivity index (χ4v) is 5.49. The van der Waals surface area contributed by atoms with Crippen LogP contribution in [0.2, 0.25) is 0 Å². The minimum atomic E-state index is -0.148. The van der Waals surface area contributed by atoms with Crippen LogP contribution in [0, 0.1) is 7.14 Å². The highest BCUT2D eigenvalue weighted by Crippen LogP contribution is 2.29. The van der Waals surface area contributed by atoms with Gasteiger partial charge in [0.25, 0.3) is 0 Å². The summed E-state index contributed by atoms with van der Waals surface area (Å²) in [5.41, 5.74) is 5.65. The molecule has 0 aliphatic carbocycles. The van der Waals surface area contributed by atoms with E-state index in [1.807, 2.05) is 84.9 Å². The van der Waals surface area contributed by atoms with Crippen LogP contribution in [0.3, 0.4) is 0 Å². The van der Waals surface area contributed by atoms with Gasteiger partial charge in [0.1, 0.15) is 12.4 Å². The van der Waals surface area contributed by atoms with Crippen molar-refractivity contribution in [3.05, 3.63) is 109 Å². The third-order valence-electron chi connectivity index (χ3n) is 4.88. The largest absolute Gasteiger partial charge is 0.487 e. The van der Waals surface area contributed by atoms with Gasteiger partial charge in [-0.3, -0.25) is 4.79 Å². The van der Waals surface area contributed by atoms with Crippen LogP contribution in [-0.4, -0.2) is 12.1 Å². The lowest BCUT2D eigenvalue weighted by Crippen LogP contribution is -2.19. The van der Waals surface area contributed by atoms with Crippen molar-refractivity contribution in [2.24, 2.45) is 5.10 Å². The van der Waals surface area contributed by atoms with Crippen LogP contribution < -0.4 is 10.2 Å². The fourth-order valence-electron chi connectivity index (χ4n) is 3.36. The van der Waals surface area contributed by atoms with Crippen molar-refractivity contribution in [3.8, 4) is 5.75 Å². The van der Waals surface area contributed by atoms with Gasteiger partial charge >= 0.3 is 0 Å². The second-order valence-corrected chi connectivity index (χ2v) is 9.52. The molecule has 0 fully saturated rings. The van der Waals surface area contributed by atoms with Crippen LogP contribution in [0.15, 0.2) is 90.0 Å². The predicted molar refractivity (Wildman–Crippen MR) is 146 cm³/mol. The van der Waals surface area contributed by atoms with Crippen LogP contribution in [-0.2, 0) is 17.8 Å². The summed E-state index contributed by atoms with van der Waals surface area (Å²) in [6.45, 7) is 0.518. The Morgan fingerprint density at radius 2 is 1.59 bits per heavy atom. The fraction of sp³-hybridized carbons (Fsp3) is 0.0769. The van der Waals surface area contributed by atoms with Crippen molar-refractivity contribution in [3.63, 3.8) is 0 Å². The first kappa shape index (κ1) is 22.7. The highest BCUT2D eigenvalue weighted by Gasteiger charge is 2.09. The zero-order valence-electron chi connectivity index (χ0n) is 17.1. The molecule has 1 amide bonds. The zero-order chi connectivity index (χ0) is 22.3. The van der Waals surface area contributed by atoms with E-state index in [0.29, 0.717) is 6.61 Å². The van der Waals surface area contributed by atoms with Gasteiger partial charge in [-0.2, -0.15) is 5.10 Å². The molecule has 4 aromatic carbocycles. The minimum absolute atomic E-state index is 0.148. The number of carbonyl (C=O) groups excluding carboxylic acids is 1. The van der Waals surface area contributed by atoms with E-state index in [1.54, 1.807) is 6.21 Å². The van der Waals surface area contributed by atoms with Gasteiger partial charge in [0.15, 0.2) is 0 Å². The van der Waals surface area contributed by atoms with Crippen molar-refractivity contribution in [1.82, 2.24) is 5.43 Å². The summed E-state index contributed by atoms with van der Waals surface area (Å²) >= 11 is 4.53. The number of nitrogens with zero attached hydrogens (tertiary/aromatic N) is 1. The molecule has 0 bridgehead atoms. The second kappa shape index (κ2) is 10.9. The lowest BCUT2D eigenvalue weighted by molar-refractivity contribution is -0.120. The van der Waals surface area contributed by atoms with E-state index in [0.717, 1.165) is 40.4 Å². The molecule has 0 aliphatic rings. The number of benzene rings is 4. The Balaban J connectivity index is 1.38. The van der Waals surface area contributed by atoms with E-state index >= 15 is 0 Å². The number of hydrazone groups is 1. The van der Waals surface area contributed by atoms with Crippen LogP contribution in [0.25, 0.3) is 10.8 Å². The average Bonchev–Trinajstić information content (AvgIpc) is 2.79. The Bertz CT molecular complexity index is 1250. The monoisotopic (exact) mass is 646 g/mol. The number of carbonyl (C=O) groups is 1. The highest BCUT2D eigenvalue weighted by atomic mass is 127. The predicted octanol–water partition coefficient (Wildman–Crippen LogP) is 6.32. The van der Waals surface area contributed by atoms with E-state index in [-0.39, 0.29) is 12.3 Å². The van der Waals surface area contributed by atoms with Crippen molar-refractivity contribution >= 4 is 68.1 Å². The maximum absolute atomic E-state index is 12.4. The molecule has 6 heteroatoms. The van der Waals surface area contributed by atoms with Gasteiger partial charge in [0.2, 0.25) is 5.91 Å². The molecule has 0 unspecified atom stereocenters. The number of ether oxygens (including phenoxy) is 1. The molecule has 32 heavy (non-hydrogen) atoms. The molecule has 4 aromatic rings. The summed E-state index contributed by atoms with van der Waals surface area (Å²) in [5.74, 6) is 0.706. The molecule has 0 saturated heterocycles. The molecule has 4 nitrogen and oxygen atoms in total. The van der Waals surface area contributed by atoms with E-state index in [9.17, 15) is 4.79 Å². The van der Waals surface area contributed by atoms with Gasteiger partial charge in [-0.05, 0) is 84.8 Å². The molecule has 0 aromatic heterocycles. The van der Waals surface area contributed by atoms with Crippen LogP contribution in [0.4, 0.5) is 0 Å². The molecule has 4 rings (SSSR count). The van der Waals surface area contributed by atoms with Gasteiger partial charge in [-0.15, -0.1) is 0 Å². The SMILES string of the molecule is O=C(Cc1cccc2ccccc12)N/N=C\c1cc(I)c(OCc2ccccc2)c(I)c1. The summed E-state index contributed by atoms with van der Waals surface area (Å²) in [4.78, 5) is 12.4. The first-order chi connectivity index (χ1) is 15.6. The maximum Gasteiger partial charge on any atom is 0.244 e. The van der Waals surface area contributed by atoms with E-state index in [4.69, 9.17) is 4.74 Å². The zero-order valence-corrected chi connectivity index (χ0v) is 21.4. The third kappa shape index (κ3) is 5.86. The number of hydrogen-bond acceptors (Lipinski definition) is 3. The third-order valence-corrected chi connectivity index (χ3v) is 6.48. The summed E-state index contributed by atoms with van der Waals surface area (Å²) in [6, 6.07) is 28.1. The van der Waals surface area contributed by atoms with Crippen LogP contribution >= 0.6 is 45.2 Å². The molecule has 1 N–H and O–H groups in total. The average molecular weight is 646 g/mol. The minimum Gasteiger partial charge on any atom is -0.487 e. The van der Waals surface area contributed by atoms with Crippen molar-refractivity contribution in [2.75, 3.05) is 0 Å². The summed E-state index contributed by atoms with van der Waals surface area (Å²) < 4.78 is 8.01. The normalized spacial score (nSPS) is 11.1. The molecular weight excluding hydrogens is 626 g/mol. The quantitative estimate of drug-likeness (QED) is 0.145. The number of nitrogens with one attached hydrogen (secondary N) is 1. The number of fused-ring (bicyclic) bond motifs is 1. The Morgan fingerprint density at radius 3 is 2.38 bits per heavy atom. The topological polar surface area (TPSA) is 50.7 Å². The molecule has 160 valence electrons. The first-order valence-corrected chi connectivity index (χ1v) is 12.2. The van der Waals surface area contributed by atoms with Gasteiger partial charge < -0.3 is 4.74 Å². The molecule has 0 saturated carbocycles. The number of amides is 1. The molecule has 0 aliphatic heterocycles. The maximum atomic E-state index is 12.4. The number of hydrogen-bond donors (Lipinski definition) is 1. The summed E-state index contributed by atoms with van der Waals surface area (Å²) in [5, 5.41) is 6.36. The van der Waals surface area contributed by atoms with E-state index < -0.39 is 0 Å². The smallest absolute Gasteiger partial charge is 0.244 e.